The minimum Gasteiger partial charge on any atom is -0.497 e. The number of primary amides is 1. The lowest BCUT2D eigenvalue weighted by Crippen LogP contribution is -2.50. The molecule has 0 saturated carbocycles. The molecule has 0 aliphatic carbocycles. The van der Waals surface area contributed by atoms with Gasteiger partial charge in [-0.2, -0.15) is 0 Å². The van der Waals surface area contributed by atoms with E-state index in [0.717, 1.165) is 25.0 Å². The molecule has 0 bridgehead atoms. The largest absolute Gasteiger partial charge is 0.497 e. The number of guanidine groups is 1. The van der Waals surface area contributed by atoms with E-state index in [1.165, 1.54) is 5.56 Å². The summed E-state index contributed by atoms with van der Waals surface area (Å²) in [5.41, 5.74) is 12.2. The van der Waals surface area contributed by atoms with Crippen LogP contribution < -0.4 is 16.2 Å². The van der Waals surface area contributed by atoms with Gasteiger partial charge in [-0.1, -0.05) is 25.5 Å². The fourth-order valence-electron chi connectivity index (χ4n) is 2.42. The highest BCUT2D eigenvalue weighted by atomic mass is 16.5. The number of nitrogens with one attached hydrogen (secondary N) is 1. The van der Waals surface area contributed by atoms with Gasteiger partial charge in [0.15, 0.2) is 5.96 Å². The Bertz CT molecular complexity index is 487. The maximum absolute atomic E-state index is 11.6. The number of ether oxygens (including phenoxy) is 1. The molecule has 0 aliphatic rings. The van der Waals surface area contributed by atoms with E-state index >= 15 is 0 Å². The molecule has 0 spiro atoms. The van der Waals surface area contributed by atoms with E-state index < -0.39 is 11.9 Å². The van der Waals surface area contributed by atoms with E-state index in [-0.39, 0.29) is 5.96 Å². The van der Waals surface area contributed by atoms with Crippen LogP contribution in [0.2, 0.25) is 0 Å². The van der Waals surface area contributed by atoms with E-state index in [9.17, 15) is 4.79 Å². The van der Waals surface area contributed by atoms with Gasteiger partial charge in [0.1, 0.15) is 11.8 Å². The van der Waals surface area contributed by atoms with Crippen LogP contribution in [-0.2, 0) is 11.2 Å². The Morgan fingerprint density at radius 2 is 1.95 bits per heavy atom. The molecule has 1 rings (SSSR count). The number of carbonyl (C=O) groups is 1. The van der Waals surface area contributed by atoms with Crippen LogP contribution in [0.5, 0.6) is 5.75 Å². The third kappa shape index (κ3) is 5.27. The van der Waals surface area contributed by atoms with Crippen LogP contribution in [0, 0.1) is 5.41 Å². The number of hydrogen-bond acceptors (Lipinski definition) is 3. The summed E-state index contributed by atoms with van der Waals surface area (Å²) in [6.45, 7) is 2.51. The van der Waals surface area contributed by atoms with Gasteiger partial charge in [0.25, 0.3) is 0 Å². The van der Waals surface area contributed by atoms with Crippen molar-refractivity contribution in [3.63, 3.8) is 0 Å². The van der Waals surface area contributed by atoms with E-state index in [0.29, 0.717) is 13.0 Å². The molecule has 1 aromatic carbocycles. The van der Waals surface area contributed by atoms with Crippen molar-refractivity contribution < 1.29 is 9.53 Å². The molecule has 0 aliphatic heterocycles. The summed E-state index contributed by atoms with van der Waals surface area (Å²) in [4.78, 5) is 13.1. The first-order valence-electron chi connectivity index (χ1n) is 7.52. The lowest BCUT2D eigenvalue weighted by atomic mass is 10.1. The number of amides is 1. The molecular formula is C16H26N4O2. The Balaban J connectivity index is 2.59. The molecular weight excluding hydrogens is 280 g/mol. The van der Waals surface area contributed by atoms with Gasteiger partial charge >= 0.3 is 0 Å². The summed E-state index contributed by atoms with van der Waals surface area (Å²) < 4.78 is 5.12. The molecule has 0 fully saturated rings. The first kappa shape index (κ1) is 17.8. The number of hydrogen-bond donors (Lipinski definition) is 3. The molecule has 6 heteroatoms. The van der Waals surface area contributed by atoms with Crippen molar-refractivity contribution in [3.05, 3.63) is 29.8 Å². The SMILES string of the molecule is CCC[C@H](C(N)=O)N(CCCc1ccc(OC)cc1)C(=N)N. The summed E-state index contributed by atoms with van der Waals surface area (Å²) in [5, 5.41) is 7.67. The predicted octanol–water partition coefficient (Wildman–Crippen LogP) is 1.48. The van der Waals surface area contributed by atoms with Crippen molar-refractivity contribution in [3.8, 4) is 5.75 Å². The van der Waals surface area contributed by atoms with E-state index in [1.54, 1.807) is 12.0 Å². The zero-order valence-corrected chi connectivity index (χ0v) is 13.3. The Labute approximate surface area is 131 Å². The molecule has 6 nitrogen and oxygen atoms in total. The Hall–Kier alpha value is -2.24. The van der Waals surface area contributed by atoms with Crippen molar-refractivity contribution in [2.45, 2.75) is 38.6 Å². The van der Waals surface area contributed by atoms with Gasteiger partial charge < -0.3 is 21.1 Å². The normalized spacial score (nSPS) is 11.7. The lowest BCUT2D eigenvalue weighted by Gasteiger charge is -2.29. The molecule has 0 aromatic heterocycles. The van der Waals surface area contributed by atoms with Crippen molar-refractivity contribution in [2.24, 2.45) is 11.5 Å². The van der Waals surface area contributed by atoms with Gasteiger partial charge in [-0.15, -0.1) is 0 Å². The summed E-state index contributed by atoms with van der Waals surface area (Å²) in [7, 11) is 1.64. The van der Waals surface area contributed by atoms with Crippen molar-refractivity contribution in [1.82, 2.24) is 4.90 Å². The summed E-state index contributed by atoms with van der Waals surface area (Å²) in [6, 6.07) is 7.35. The molecule has 1 aromatic rings. The Morgan fingerprint density at radius 1 is 1.32 bits per heavy atom. The molecule has 0 radical (unpaired) electrons. The van der Waals surface area contributed by atoms with Gasteiger partial charge in [0.05, 0.1) is 7.11 Å². The van der Waals surface area contributed by atoms with Crippen LogP contribution in [0.4, 0.5) is 0 Å². The molecule has 122 valence electrons. The van der Waals surface area contributed by atoms with Gasteiger partial charge in [-0.3, -0.25) is 10.2 Å². The molecule has 0 saturated heterocycles. The molecule has 5 N–H and O–H groups in total. The number of rotatable bonds is 9. The highest BCUT2D eigenvalue weighted by Gasteiger charge is 2.23. The number of nitrogens with two attached hydrogens (primary N) is 2. The van der Waals surface area contributed by atoms with Crippen LogP contribution in [-0.4, -0.2) is 36.5 Å². The monoisotopic (exact) mass is 306 g/mol. The zero-order valence-electron chi connectivity index (χ0n) is 13.3. The summed E-state index contributed by atoms with van der Waals surface area (Å²) in [6.07, 6.45) is 3.05. The molecule has 0 unspecified atom stereocenters. The molecule has 0 heterocycles. The first-order chi connectivity index (χ1) is 10.5. The second-order valence-corrected chi connectivity index (χ2v) is 5.24. The van der Waals surface area contributed by atoms with Crippen LogP contribution in [0.1, 0.15) is 31.7 Å². The predicted molar refractivity (Wildman–Crippen MR) is 87.8 cm³/mol. The number of benzene rings is 1. The van der Waals surface area contributed by atoms with Crippen molar-refractivity contribution >= 4 is 11.9 Å². The second-order valence-electron chi connectivity index (χ2n) is 5.24. The minimum absolute atomic E-state index is 0.105. The zero-order chi connectivity index (χ0) is 16.5. The molecule has 22 heavy (non-hydrogen) atoms. The Kier molecular flexibility index (Phi) is 7.22. The Morgan fingerprint density at radius 3 is 2.41 bits per heavy atom. The third-order valence-corrected chi connectivity index (χ3v) is 3.60. The number of methoxy groups -OCH3 is 1. The van der Waals surface area contributed by atoms with Gasteiger partial charge in [-0.25, -0.2) is 0 Å². The number of aryl methyl sites for hydroxylation is 1. The van der Waals surface area contributed by atoms with Crippen molar-refractivity contribution in [1.29, 1.82) is 5.41 Å². The number of nitrogens with zero attached hydrogens (tertiary/aromatic N) is 1. The first-order valence-corrected chi connectivity index (χ1v) is 7.52. The quantitative estimate of drug-likeness (QED) is 0.474. The maximum Gasteiger partial charge on any atom is 0.240 e. The van der Waals surface area contributed by atoms with E-state index in [2.05, 4.69) is 0 Å². The average Bonchev–Trinajstić information content (AvgIpc) is 2.50. The average molecular weight is 306 g/mol. The lowest BCUT2D eigenvalue weighted by molar-refractivity contribution is -0.122. The number of carbonyl (C=O) groups excluding carboxylic acids is 1. The fourth-order valence-corrected chi connectivity index (χ4v) is 2.42. The highest BCUT2D eigenvalue weighted by molar-refractivity contribution is 5.86. The fraction of sp³-hybridized carbons (Fsp3) is 0.500. The van der Waals surface area contributed by atoms with Gasteiger partial charge in [-0.05, 0) is 37.0 Å². The maximum atomic E-state index is 11.6. The smallest absolute Gasteiger partial charge is 0.240 e. The van der Waals surface area contributed by atoms with Crippen LogP contribution in [0.15, 0.2) is 24.3 Å². The topological polar surface area (TPSA) is 105 Å². The summed E-state index contributed by atoms with van der Waals surface area (Å²) in [5.74, 6) is 0.291. The van der Waals surface area contributed by atoms with E-state index in [1.807, 2.05) is 31.2 Å². The van der Waals surface area contributed by atoms with E-state index in [4.69, 9.17) is 21.6 Å². The second kappa shape index (κ2) is 8.92. The van der Waals surface area contributed by atoms with Crippen LogP contribution in [0.25, 0.3) is 0 Å². The molecule has 1 amide bonds. The minimum atomic E-state index is -0.502. The standard InChI is InChI=1S/C16H26N4O2/c1-3-5-14(15(17)21)20(16(18)19)11-4-6-12-7-9-13(22-2)10-8-12/h7-10,14H,3-6,11H2,1-2H3,(H2,17,21)(H3,18,19)/t14-/m1/s1. The van der Waals surface area contributed by atoms with Crippen molar-refractivity contribution in [2.75, 3.05) is 13.7 Å². The highest BCUT2D eigenvalue weighted by Crippen LogP contribution is 2.14. The van der Waals surface area contributed by atoms with Gasteiger partial charge in [0.2, 0.25) is 5.91 Å². The van der Waals surface area contributed by atoms with Crippen LogP contribution in [0.3, 0.4) is 0 Å². The summed E-state index contributed by atoms with van der Waals surface area (Å²) >= 11 is 0. The molecule has 1 atom stereocenters. The van der Waals surface area contributed by atoms with Gasteiger partial charge in [0, 0.05) is 6.54 Å². The van der Waals surface area contributed by atoms with Crippen LogP contribution >= 0.6 is 0 Å². The third-order valence-electron chi connectivity index (χ3n) is 3.60.